The van der Waals surface area contributed by atoms with E-state index in [9.17, 15) is 5.26 Å². The summed E-state index contributed by atoms with van der Waals surface area (Å²) in [6, 6.07) is 74.0. The Kier molecular flexibility index (Phi) is 10.0. The van der Waals surface area contributed by atoms with E-state index in [1.807, 2.05) is 11.3 Å². The number of nitriles is 1. The molecule has 5 nitrogen and oxygen atoms in total. The Balaban J connectivity index is 1.30. The molecule has 0 atom stereocenters. The monoisotopic (exact) mass is 1060 g/mol. The minimum atomic E-state index is 0.565. The summed E-state index contributed by atoms with van der Waals surface area (Å²) < 4.78 is 12.4. The lowest BCUT2D eigenvalue weighted by Gasteiger charge is -2.29. The number of nitrogens with zero attached hydrogens (tertiary/aromatic N) is 5. The lowest BCUT2D eigenvalue weighted by Crippen LogP contribution is -2.16. The van der Waals surface area contributed by atoms with Crippen LogP contribution >= 0.6 is 11.3 Å². The Morgan fingerprint density at radius 1 is 0.296 bits per heavy atom. The Morgan fingerprint density at radius 2 is 0.580 bits per heavy atom. The zero-order chi connectivity index (χ0) is 54.9. The maximum absolute atomic E-state index is 13.1. The summed E-state index contributed by atoms with van der Waals surface area (Å²) in [5.74, 6) is 0. The topological polar surface area (TPSA) is 43.5 Å². The van der Waals surface area contributed by atoms with E-state index in [1.165, 1.54) is 86.2 Å². The van der Waals surface area contributed by atoms with Gasteiger partial charge in [0.05, 0.1) is 66.9 Å². The lowest BCUT2D eigenvalue weighted by molar-refractivity contribution is 1.04. The number of fused-ring (bicyclic) bond motifs is 15. The molecule has 5 aromatic heterocycles. The first-order valence-electron chi connectivity index (χ1n) is 28.0. The summed E-state index contributed by atoms with van der Waals surface area (Å²) in [4.78, 5) is 0. The average Bonchev–Trinajstić information content (AvgIpc) is 4.19. The van der Waals surface area contributed by atoms with Crippen molar-refractivity contribution >= 4 is 119 Å². The second-order valence-electron chi connectivity index (χ2n) is 23.0. The van der Waals surface area contributed by atoms with E-state index in [0.717, 1.165) is 99.6 Å². The third-order valence-corrected chi connectivity index (χ3v) is 18.6. The zero-order valence-corrected chi connectivity index (χ0v) is 47.4. The molecule has 0 unspecified atom stereocenters. The Bertz CT molecular complexity index is 5010. The number of aromatic nitrogens is 4. The highest BCUT2D eigenvalue weighted by molar-refractivity contribution is 7.26. The second-order valence-corrected chi connectivity index (χ2v) is 24.1. The maximum Gasteiger partial charge on any atom is 0.104 e. The number of aryl methyl sites for hydroxylation is 8. The highest BCUT2D eigenvalue weighted by Gasteiger charge is 2.36. The maximum atomic E-state index is 13.1. The molecule has 0 aliphatic rings. The Labute approximate surface area is 473 Å². The minimum Gasteiger partial charge on any atom is -0.306 e. The van der Waals surface area contributed by atoms with E-state index in [1.54, 1.807) is 0 Å². The smallest absolute Gasteiger partial charge is 0.104 e. The largest absolute Gasteiger partial charge is 0.306 e. The van der Waals surface area contributed by atoms with Gasteiger partial charge in [-0.25, -0.2) is 0 Å². The number of thiophene rings is 1. The predicted molar refractivity (Wildman–Crippen MR) is 345 cm³/mol. The van der Waals surface area contributed by atoms with E-state index >= 15 is 0 Å². The molecule has 11 aromatic carbocycles. The van der Waals surface area contributed by atoms with Gasteiger partial charge >= 0.3 is 0 Å². The van der Waals surface area contributed by atoms with Gasteiger partial charge in [-0.2, -0.15) is 5.26 Å². The van der Waals surface area contributed by atoms with Crippen molar-refractivity contribution in [1.29, 1.82) is 5.26 Å². The summed E-state index contributed by atoms with van der Waals surface area (Å²) in [6.45, 7) is 17.5. The van der Waals surface area contributed by atoms with Crippen LogP contribution in [0.3, 0.4) is 0 Å². The molecule has 0 fully saturated rings. The first-order valence-corrected chi connectivity index (χ1v) is 28.9. The van der Waals surface area contributed by atoms with Crippen LogP contribution in [0.4, 0.5) is 0 Å². The van der Waals surface area contributed by atoms with Crippen LogP contribution in [0.15, 0.2) is 188 Å². The summed E-state index contributed by atoms with van der Waals surface area (Å²) in [5.41, 5.74) is 24.1. The molecule has 0 N–H and O–H groups in total. The van der Waals surface area contributed by atoms with Crippen molar-refractivity contribution < 1.29 is 0 Å². The Morgan fingerprint density at radius 3 is 0.889 bits per heavy atom. The van der Waals surface area contributed by atoms with Gasteiger partial charge in [0.25, 0.3) is 0 Å². The van der Waals surface area contributed by atoms with Crippen molar-refractivity contribution in [2.75, 3.05) is 0 Å². The van der Waals surface area contributed by atoms with E-state index in [-0.39, 0.29) is 0 Å². The number of hydrogen-bond acceptors (Lipinski definition) is 2. The normalized spacial score (nSPS) is 12.2. The minimum absolute atomic E-state index is 0.565. The van der Waals surface area contributed by atoms with Crippen molar-refractivity contribution in [2.24, 2.45) is 0 Å². The molecule has 0 spiro atoms. The third-order valence-electron chi connectivity index (χ3n) is 17.4. The number of rotatable bonds is 5. The fraction of sp³-hybridized carbons (Fsp3) is 0.107. The molecular formula is C75H55N5S. The van der Waals surface area contributed by atoms with Crippen molar-refractivity contribution in [3.8, 4) is 39.9 Å². The van der Waals surface area contributed by atoms with Crippen LogP contribution in [-0.2, 0) is 0 Å². The van der Waals surface area contributed by atoms with Gasteiger partial charge in [-0.1, -0.05) is 129 Å². The van der Waals surface area contributed by atoms with Crippen molar-refractivity contribution in [3.63, 3.8) is 0 Å². The van der Waals surface area contributed by atoms with Crippen LogP contribution in [0, 0.1) is 66.7 Å². The fourth-order valence-electron chi connectivity index (χ4n) is 13.8. The first-order chi connectivity index (χ1) is 39.4. The quantitative estimate of drug-likeness (QED) is 0.169. The number of benzene rings is 11. The Hall–Kier alpha value is -9.67. The molecule has 0 aliphatic heterocycles. The van der Waals surface area contributed by atoms with Gasteiger partial charge in [0.2, 0.25) is 0 Å². The van der Waals surface area contributed by atoms with Crippen molar-refractivity contribution in [3.05, 3.63) is 238 Å². The summed E-state index contributed by atoms with van der Waals surface area (Å²) in [6.07, 6.45) is 0. The van der Waals surface area contributed by atoms with Crippen molar-refractivity contribution in [2.45, 2.75) is 55.4 Å². The molecule has 6 heteroatoms. The van der Waals surface area contributed by atoms with Crippen LogP contribution in [-0.4, -0.2) is 18.3 Å². The van der Waals surface area contributed by atoms with E-state index in [4.69, 9.17) is 0 Å². The molecule has 386 valence electrons. The van der Waals surface area contributed by atoms with E-state index in [2.05, 4.69) is 268 Å². The van der Waals surface area contributed by atoms with E-state index in [0.29, 0.717) is 5.56 Å². The van der Waals surface area contributed by atoms with Crippen molar-refractivity contribution in [1.82, 2.24) is 18.3 Å². The molecule has 16 aromatic rings. The van der Waals surface area contributed by atoms with Crippen LogP contribution in [0.1, 0.15) is 50.1 Å². The van der Waals surface area contributed by atoms with Gasteiger partial charge in [-0.15, -0.1) is 11.3 Å². The number of hydrogen-bond donors (Lipinski definition) is 0. The summed E-state index contributed by atoms with van der Waals surface area (Å²) in [5, 5.41) is 24.8. The molecule has 0 aliphatic carbocycles. The summed E-state index contributed by atoms with van der Waals surface area (Å²) in [7, 11) is 0. The lowest BCUT2D eigenvalue weighted by atomic mass is 9.92. The molecule has 0 saturated carbocycles. The highest BCUT2D eigenvalue weighted by atomic mass is 32.1. The van der Waals surface area contributed by atoms with Gasteiger partial charge in [0.15, 0.2) is 0 Å². The molecule has 16 rings (SSSR count). The highest BCUT2D eigenvalue weighted by Crippen LogP contribution is 2.54. The van der Waals surface area contributed by atoms with Crippen LogP contribution < -0.4 is 0 Å². The molecule has 0 saturated heterocycles. The fourth-order valence-corrected chi connectivity index (χ4v) is 15.1. The SMILES string of the molecule is Cc1ccc2c(c1)c1cc(C)ccc1n2-c1c(C#N)c(-n2c3ccc(C)cc3c3cc(C)ccc32)c(-n2c3ccc(C)cc3c3cc(C)ccc32)c(-c2cccc3c2sc2ccccc23)c1-n1c2ccc(C)cc2c2cc(C)ccc21. The third kappa shape index (κ3) is 6.70. The van der Waals surface area contributed by atoms with Gasteiger partial charge in [-0.05, 0) is 159 Å². The van der Waals surface area contributed by atoms with Gasteiger partial charge in [0, 0.05) is 74.4 Å². The molecule has 0 bridgehead atoms. The molecular weight excluding hydrogens is 1000 g/mol. The standard InChI is InChI=1S/C75H55N5S/c1-41-16-24-61-52(32-41)53-33-42(2)17-25-62(53)77(61)71-60(40-76)72(78-63-26-18-43(3)34-54(63)55-35-44(4)19-27-64(55)78)74(80-67-30-22-47(7)38-58(67)59-39-48(8)23-31-68(59)80)70(51-14-11-13-50-49-12-9-10-15-69(49)81-75(50)51)73(71)79-65-28-20-45(5)36-56(65)57-37-46(6)21-29-66(57)79/h9-39H,1-8H3. The van der Waals surface area contributed by atoms with Gasteiger partial charge in [0.1, 0.15) is 11.6 Å². The average molecular weight is 1060 g/mol. The van der Waals surface area contributed by atoms with Gasteiger partial charge in [-0.3, -0.25) is 0 Å². The van der Waals surface area contributed by atoms with Crippen LogP contribution in [0.2, 0.25) is 0 Å². The predicted octanol–water partition coefficient (Wildman–Crippen LogP) is 20.4. The summed E-state index contributed by atoms with van der Waals surface area (Å²) >= 11 is 1.85. The zero-order valence-electron chi connectivity index (χ0n) is 46.5. The molecule has 5 heterocycles. The molecule has 0 amide bonds. The van der Waals surface area contributed by atoms with Crippen LogP contribution in [0.25, 0.3) is 141 Å². The molecule has 81 heavy (non-hydrogen) atoms. The van der Waals surface area contributed by atoms with Gasteiger partial charge < -0.3 is 18.3 Å². The molecule has 0 radical (unpaired) electrons. The van der Waals surface area contributed by atoms with Crippen LogP contribution in [0.5, 0.6) is 0 Å². The van der Waals surface area contributed by atoms with E-state index < -0.39 is 0 Å². The second kappa shape index (κ2) is 17.2. The first kappa shape index (κ1) is 47.3.